The van der Waals surface area contributed by atoms with E-state index in [1.54, 1.807) is 28.4 Å². The molecule has 1 saturated heterocycles. The summed E-state index contributed by atoms with van der Waals surface area (Å²) >= 11 is 5.03. The Morgan fingerprint density at radius 3 is 2.97 bits per heavy atom. The van der Waals surface area contributed by atoms with Crippen molar-refractivity contribution in [3.63, 3.8) is 0 Å². The number of phenolic OH excluding ortho intramolecular Hbond substituents is 1. The number of phenols is 1. The number of piperidine rings is 1. The maximum atomic E-state index is 13.4. The number of halogens is 1. The number of carbonyl (C=O) groups excluding carboxylic acids is 1. The zero-order valence-electron chi connectivity index (χ0n) is 20.5. The van der Waals surface area contributed by atoms with Gasteiger partial charge < -0.3 is 19.8 Å². The predicted octanol–water partition coefficient (Wildman–Crippen LogP) is 4.34. The van der Waals surface area contributed by atoms with Gasteiger partial charge in [-0.2, -0.15) is 0 Å². The fourth-order valence-corrected chi connectivity index (χ4v) is 9.02. The van der Waals surface area contributed by atoms with Gasteiger partial charge in [-0.3, -0.25) is 9.69 Å². The third kappa shape index (κ3) is 3.17. The highest BCUT2D eigenvalue weighted by Crippen LogP contribution is 2.66. The Kier molecular flexibility index (Phi) is 5.68. The Balaban J connectivity index is 1.42. The molecule has 190 valence electrons. The molecule has 1 saturated carbocycles. The standard InChI is InChI=1S/C28H31BrN2O4S/c1-4-10-31-11-9-27-23-17-5-7-20(32)25(23)35-26(27)24(16(2)14-28(27,34)21(31)12-17)30(3)22(33)8-6-19-13-18(29)15-36-19/h4-8,13,15-16,21,24,26,32,34H,1,9-12,14H2,2-3H3/b8-6+/t16-,21-,24-,26+,27+,28-/m1/s1. The van der Waals surface area contributed by atoms with Gasteiger partial charge in [0.25, 0.3) is 0 Å². The van der Waals surface area contributed by atoms with Crippen LogP contribution < -0.4 is 4.74 Å². The molecule has 2 aliphatic heterocycles. The SMILES string of the molecule is C=CCN1CC[C@]23c4c5ccc(O)c4O[C@H]2[C@H](N(C)C(=O)/C=C/c2cc(Br)cs2)[C@H](C)C[C@@]3(O)[C@H]1C5. The van der Waals surface area contributed by atoms with Crippen LogP contribution >= 0.6 is 27.3 Å². The quantitative estimate of drug-likeness (QED) is 0.413. The van der Waals surface area contributed by atoms with Crippen molar-refractivity contribution >= 4 is 39.2 Å². The van der Waals surface area contributed by atoms with Crippen molar-refractivity contribution in [2.45, 2.75) is 55.4 Å². The monoisotopic (exact) mass is 570 g/mol. The summed E-state index contributed by atoms with van der Waals surface area (Å²) in [5.74, 6) is 0.495. The molecule has 1 spiro atoms. The molecule has 8 heteroatoms. The third-order valence-corrected chi connectivity index (χ3v) is 10.7. The molecule has 6 rings (SSSR count). The van der Waals surface area contributed by atoms with Crippen LogP contribution in [0.2, 0.25) is 0 Å². The fraction of sp³-hybridized carbons (Fsp3) is 0.464. The summed E-state index contributed by atoms with van der Waals surface area (Å²) < 4.78 is 7.61. The first-order valence-electron chi connectivity index (χ1n) is 12.5. The van der Waals surface area contributed by atoms with E-state index < -0.39 is 17.1 Å². The fourth-order valence-electron chi connectivity index (χ4n) is 7.68. The van der Waals surface area contributed by atoms with E-state index in [-0.39, 0.29) is 29.7 Å². The Morgan fingerprint density at radius 2 is 2.25 bits per heavy atom. The van der Waals surface area contributed by atoms with E-state index in [1.807, 2.05) is 36.7 Å². The van der Waals surface area contributed by atoms with Crippen molar-refractivity contribution in [3.05, 3.63) is 62.8 Å². The van der Waals surface area contributed by atoms with Crippen LogP contribution in [-0.4, -0.2) is 69.8 Å². The number of carbonyl (C=O) groups is 1. The van der Waals surface area contributed by atoms with Crippen LogP contribution in [0.1, 0.15) is 35.8 Å². The number of amides is 1. The summed E-state index contributed by atoms with van der Waals surface area (Å²) in [6.07, 6.45) is 6.88. The summed E-state index contributed by atoms with van der Waals surface area (Å²) in [4.78, 5) is 18.5. The lowest BCUT2D eigenvalue weighted by atomic mass is 9.46. The highest BCUT2D eigenvalue weighted by atomic mass is 79.9. The molecular weight excluding hydrogens is 540 g/mol. The molecular formula is C28H31BrN2O4S. The summed E-state index contributed by atoms with van der Waals surface area (Å²) in [7, 11) is 1.83. The van der Waals surface area contributed by atoms with E-state index >= 15 is 0 Å². The van der Waals surface area contributed by atoms with Gasteiger partial charge in [0.2, 0.25) is 5.91 Å². The molecule has 0 radical (unpaired) electrons. The van der Waals surface area contributed by atoms with E-state index in [0.29, 0.717) is 31.6 Å². The molecule has 2 bridgehead atoms. The minimum Gasteiger partial charge on any atom is -0.504 e. The van der Waals surface area contributed by atoms with Crippen molar-refractivity contribution in [2.75, 3.05) is 20.1 Å². The lowest BCUT2D eigenvalue weighted by Crippen LogP contribution is -2.79. The average Bonchev–Trinajstić information content (AvgIpc) is 3.41. The predicted molar refractivity (Wildman–Crippen MR) is 144 cm³/mol. The second-order valence-corrected chi connectivity index (χ2v) is 12.6. The molecule has 0 unspecified atom stereocenters. The first-order chi connectivity index (χ1) is 17.2. The molecule has 2 N–H and O–H groups in total. The molecule has 2 aliphatic carbocycles. The van der Waals surface area contributed by atoms with Gasteiger partial charge in [0.1, 0.15) is 6.10 Å². The lowest BCUT2D eigenvalue weighted by Gasteiger charge is -2.65. The molecule has 3 heterocycles. The highest BCUT2D eigenvalue weighted by molar-refractivity contribution is 9.10. The molecule has 1 amide bonds. The van der Waals surface area contributed by atoms with Gasteiger partial charge in [-0.05, 0) is 71.4 Å². The number of hydrogen-bond donors (Lipinski definition) is 2. The van der Waals surface area contributed by atoms with E-state index in [9.17, 15) is 15.0 Å². The zero-order valence-corrected chi connectivity index (χ0v) is 22.9. The second kappa shape index (κ2) is 8.45. The van der Waals surface area contributed by atoms with Crippen molar-refractivity contribution in [3.8, 4) is 11.5 Å². The molecule has 6 atom stereocenters. The number of rotatable bonds is 5. The lowest BCUT2D eigenvalue weighted by molar-refractivity contribution is -0.210. The number of nitrogens with zero attached hydrogens (tertiary/aromatic N) is 2. The van der Waals surface area contributed by atoms with Crippen LogP contribution in [0.4, 0.5) is 0 Å². The number of ether oxygens (including phenoxy) is 1. The number of likely N-dealkylation sites (N-methyl/N-ethyl adjacent to an activating group) is 1. The minimum atomic E-state index is -1.02. The van der Waals surface area contributed by atoms with Crippen molar-refractivity contribution in [2.24, 2.45) is 5.92 Å². The highest BCUT2D eigenvalue weighted by Gasteiger charge is 2.74. The van der Waals surface area contributed by atoms with Crippen LogP contribution in [0.5, 0.6) is 11.5 Å². The molecule has 1 aromatic heterocycles. The summed E-state index contributed by atoms with van der Waals surface area (Å²) in [5, 5.41) is 25.4. The van der Waals surface area contributed by atoms with Gasteiger partial charge in [0.05, 0.1) is 17.1 Å². The van der Waals surface area contributed by atoms with Gasteiger partial charge in [0, 0.05) is 46.0 Å². The van der Waals surface area contributed by atoms with Crippen LogP contribution in [0.25, 0.3) is 6.08 Å². The maximum Gasteiger partial charge on any atom is 0.246 e. The molecule has 6 nitrogen and oxygen atoms in total. The minimum absolute atomic E-state index is 0.00413. The molecule has 36 heavy (non-hydrogen) atoms. The van der Waals surface area contributed by atoms with Crippen LogP contribution in [0, 0.1) is 5.92 Å². The smallest absolute Gasteiger partial charge is 0.246 e. The Labute approximate surface area is 224 Å². The van der Waals surface area contributed by atoms with E-state index in [4.69, 9.17) is 4.74 Å². The molecule has 1 aromatic carbocycles. The van der Waals surface area contributed by atoms with Crippen molar-refractivity contribution in [1.82, 2.24) is 9.80 Å². The molecule has 2 aromatic rings. The Hall–Kier alpha value is -2.13. The number of benzene rings is 1. The van der Waals surface area contributed by atoms with E-state index in [2.05, 4.69) is 34.3 Å². The van der Waals surface area contributed by atoms with Gasteiger partial charge in [-0.25, -0.2) is 0 Å². The first-order valence-corrected chi connectivity index (χ1v) is 14.2. The van der Waals surface area contributed by atoms with Crippen LogP contribution in [0.15, 0.2) is 46.8 Å². The topological polar surface area (TPSA) is 73.2 Å². The summed E-state index contributed by atoms with van der Waals surface area (Å²) in [5.41, 5.74) is 0.384. The zero-order chi connectivity index (χ0) is 25.4. The largest absolute Gasteiger partial charge is 0.504 e. The van der Waals surface area contributed by atoms with Crippen molar-refractivity contribution in [1.29, 1.82) is 0 Å². The summed E-state index contributed by atoms with van der Waals surface area (Å²) in [6, 6.07) is 5.35. The average molecular weight is 572 g/mol. The number of thiophene rings is 1. The van der Waals surface area contributed by atoms with Gasteiger partial charge >= 0.3 is 0 Å². The van der Waals surface area contributed by atoms with Gasteiger partial charge in [-0.1, -0.05) is 19.1 Å². The van der Waals surface area contributed by atoms with E-state index in [1.165, 1.54) is 0 Å². The maximum absolute atomic E-state index is 13.4. The van der Waals surface area contributed by atoms with Crippen LogP contribution in [-0.2, 0) is 16.6 Å². The summed E-state index contributed by atoms with van der Waals surface area (Å²) in [6.45, 7) is 7.57. The van der Waals surface area contributed by atoms with Gasteiger partial charge in [-0.15, -0.1) is 17.9 Å². The first kappa shape index (κ1) is 24.2. The van der Waals surface area contributed by atoms with E-state index in [0.717, 1.165) is 27.0 Å². The van der Waals surface area contributed by atoms with Crippen LogP contribution in [0.3, 0.4) is 0 Å². The Morgan fingerprint density at radius 1 is 1.44 bits per heavy atom. The number of aliphatic hydroxyl groups is 1. The second-order valence-electron chi connectivity index (χ2n) is 10.8. The number of aromatic hydroxyl groups is 1. The van der Waals surface area contributed by atoms with Crippen molar-refractivity contribution < 1.29 is 19.7 Å². The van der Waals surface area contributed by atoms with Gasteiger partial charge in [0.15, 0.2) is 11.5 Å². The number of likely N-dealkylation sites (tertiary alicyclic amines) is 1. The Bertz CT molecular complexity index is 1280. The number of hydrogen-bond acceptors (Lipinski definition) is 6. The molecule has 4 aliphatic rings. The molecule has 2 fully saturated rings. The third-order valence-electron chi connectivity index (χ3n) is 9.03. The normalized spacial score (nSPS) is 34.3.